The second-order valence-corrected chi connectivity index (χ2v) is 7.29. The Hall–Kier alpha value is -1.59. The summed E-state index contributed by atoms with van der Waals surface area (Å²) in [5, 5.41) is 11.5. The normalized spacial score (nSPS) is 13.4. The summed E-state index contributed by atoms with van der Waals surface area (Å²) in [6.07, 6.45) is 0.614. The largest absolute Gasteiger partial charge is 0.508 e. The van der Waals surface area contributed by atoms with E-state index < -0.39 is 10.0 Å². The van der Waals surface area contributed by atoms with E-state index in [9.17, 15) is 13.5 Å². The van der Waals surface area contributed by atoms with Crippen molar-refractivity contribution in [2.45, 2.75) is 26.2 Å². The summed E-state index contributed by atoms with van der Waals surface area (Å²) in [6.45, 7) is 4.24. The standard InChI is InChI=1S/C16H21NO3S/c1-3-8-21(19,20)17-11-12(2)13-4-5-15-10-16(18)7-6-14(15)9-13/h4-7,9-10,12,17-18H,3,8,11H2,1-2H3. The molecule has 0 fully saturated rings. The van der Waals surface area contributed by atoms with E-state index in [1.54, 1.807) is 12.1 Å². The van der Waals surface area contributed by atoms with Crippen LogP contribution in [0.4, 0.5) is 0 Å². The summed E-state index contributed by atoms with van der Waals surface area (Å²) in [5.41, 5.74) is 1.08. The first-order chi connectivity index (χ1) is 9.91. The number of nitrogens with one attached hydrogen (secondary N) is 1. The Labute approximate surface area is 125 Å². The fourth-order valence-electron chi connectivity index (χ4n) is 2.27. The summed E-state index contributed by atoms with van der Waals surface area (Å²) in [6, 6.07) is 11.2. The predicted molar refractivity (Wildman–Crippen MR) is 86.1 cm³/mol. The van der Waals surface area contributed by atoms with Gasteiger partial charge in [-0.3, -0.25) is 0 Å². The summed E-state index contributed by atoms with van der Waals surface area (Å²) < 4.78 is 26.0. The predicted octanol–water partition coefficient (Wildman–Crippen LogP) is 2.98. The molecule has 114 valence electrons. The monoisotopic (exact) mass is 307 g/mol. The summed E-state index contributed by atoms with van der Waals surface area (Å²) in [5.74, 6) is 0.502. The topological polar surface area (TPSA) is 66.4 Å². The van der Waals surface area contributed by atoms with Gasteiger partial charge in [0.05, 0.1) is 5.75 Å². The van der Waals surface area contributed by atoms with Crippen molar-refractivity contribution in [3.63, 3.8) is 0 Å². The molecule has 1 unspecified atom stereocenters. The fourth-order valence-corrected chi connectivity index (χ4v) is 3.45. The van der Waals surface area contributed by atoms with Gasteiger partial charge < -0.3 is 5.11 Å². The minimum Gasteiger partial charge on any atom is -0.508 e. The number of sulfonamides is 1. The van der Waals surface area contributed by atoms with Crippen LogP contribution in [0.1, 0.15) is 31.7 Å². The minimum atomic E-state index is -3.17. The maximum atomic E-state index is 11.7. The van der Waals surface area contributed by atoms with Crippen molar-refractivity contribution >= 4 is 20.8 Å². The van der Waals surface area contributed by atoms with Crippen molar-refractivity contribution in [2.75, 3.05) is 12.3 Å². The lowest BCUT2D eigenvalue weighted by Crippen LogP contribution is -2.29. The zero-order chi connectivity index (χ0) is 15.5. The number of hydrogen-bond donors (Lipinski definition) is 2. The fraction of sp³-hybridized carbons (Fsp3) is 0.375. The van der Waals surface area contributed by atoms with Crippen LogP contribution in [0.3, 0.4) is 0 Å². The van der Waals surface area contributed by atoms with E-state index >= 15 is 0 Å². The van der Waals surface area contributed by atoms with E-state index in [0.29, 0.717) is 13.0 Å². The van der Waals surface area contributed by atoms with Gasteiger partial charge in [0.1, 0.15) is 5.75 Å². The number of phenols is 1. The van der Waals surface area contributed by atoms with Gasteiger partial charge in [-0.25, -0.2) is 13.1 Å². The lowest BCUT2D eigenvalue weighted by atomic mass is 9.98. The second kappa shape index (κ2) is 6.45. The molecule has 4 nitrogen and oxygen atoms in total. The highest BCUT2D eigenvalue weighted by Gasteiger charge is 2.12. The van der Waals surface area contributed by atoms with Gasteiger partial charge in [-0.2, -0.15) is 0 Å². The first kappa shape index (κ1) is 15.8. The number of phenolic OH excluding ortho intramolecular Hbond substituents is 1. The molecule has 0 heterocycles. The highest BCUT2D eigenvalue weighted by molar-refractivity contribution is 7.89. The van der Waals surface area contributed by atoms with Gasteiger partial charge in [-0.1, -0.05) is 38.1 Å². The summed E-state index contributed by atoms with van der Waals surface area (Å²) in [4.78, 5) is 0. The van der Waals surface area contributed by atoms with Crippen molar-refractivity contribution < 1.29 is 13.5 Å². The van der Waals surface area contributed by atoms with Crippen LogP contribution in [0.5, 0.6) is 5.75 Å². The number of aromatic hydroxyl groups is 1. The molecule has 0 aliphatic heterocycles. The molecule has 0 aromatic heterocycles. The van der Waals surface area contributed by atoms with Gasteiger partial charge >= 0.3 is 0 Å². The van der Waals surface area contributed by atoms with Gasteiger partial charge in [0.25, 0.3) is 0 Å². The van der Waals surface area contributed by atoms with E-state index in [4.69, 9.17) is 0 Å². The molecule has 21 heavy (non-hydrogen) atoms. The molecule has 0 radical (unpaired) electrons. The number of rotatable bonds is 6. The van der Waals surface area contributed by atoms with Gasteiger partial charge in [-0.05, 0) is 40.8 Å². The van der Waals surface area contributed by atoms with Gasteiger partial charge in [-0.15, -0.1) is 0 Å². The van der Waals surface area contributed by atoms with Crippen LogP contribution in [0.15, 0.2) is 36.4 Å². The third kappa shape index (κ3) is 4.19. The Bertz CT molecular complexity index is 725. The Morgan fingerprint density at radius 2 is 1.81 bits per heavy atom. The molecule has 2 aromatic carbocycles. The molecule has 0 saturated heterocycles. The molecule has 0 amide bonds. The van der Waals surface area contributed by atoms with Crippen LogP contribution in [0, 0.1) is 0 Å². The number of fused-ring (bicyclic) bond motifs is 1. The zero-order valence-electron chi connectivity index (χ0n) is 12.3. The van der Waals surface area contributed by atoms with E-state index in [2.05, 4.69) is 4.72 Å². The van der Waals surface area contributed by atoms with E-state index in [1.807, 2.05) is 38.1 Å². The van der Waals surface area contributed by atoms with Gasteiger partial charge in [0.2, 0.25) is 10.0 Å². The van der Waals surface area contributed by atoms with E-state index in [1.165, 1.54) is 0 Å². The SMILES string of the molecule is CCCS(=O)(=O)NCC(C)c1ccc2cc(O)ccc2c1. The van der Waals surface area contributed by atoms with Crippen LogP contribution in [-0.4, -0.2) is 25.8 Å². The van der Waals surface area contributed by atoms with Crippen molar-refractivity contribution in [3.8, 4) is 5.75 Å². The third-order valence-corrected chi connectivity index (χ3v) is 5.05. The number of benzene rings is 2. The van der Waals surface area contributed by atoms with Crippen molar-refractivity contribution in [1.82, 2.24) is 4.72 Å². The first-order valence-electron chi connectivity index (χ1n) is 7.11. The third-order valence-electron chi connectivity index (χ3n) is 3.50. The maximum Gasteiger partial charge on any atom is 0.211 e. The Morgan fingerprint density at radius 1 is 1.14 bits per heavy atom. The molecule has 2 N–H and O–H groups in total. The Morgan fingerprint density at radius 3 is 2.52 bits per heavy atom. The quantitative estimate of drug-likeness (QED) is 0.862. The molecular formula is C16H21NO3S. The molecule has 0 saturated carbocycles. The van der Waals surface area contributed by atoms with Crippen LogP contribution in [-0.2, 0) is 10.0 Å². The van der Waals surface area contributed by atoms with Crippen LogP contribution in [0.25, 0.3) is 10.8 Å². The van der Waals surface area contributed by atoms with Crippen molar-refractivity contribution in [1.29, 1.82) is 0 Å². The van der Waals surface area contributed by atoms with Gasteiger partial charge in [0.15, 0.2) is 0 Å². The van der Waals surface area contributed by atoms with E-state index in [0.717, 1.165) is 16.3 Å². The molecule has 2 rings (SSSR count). The van der Waals surface area contributed by atoms with Crippen molar-refractivity contribution in [3.05, 3.63) is 42.0 Å². The minimum absolute atomic E-state index is 0.0924. The smallest absolute Gasteiger partial charge is 0.211 e. The molecular weight excluding hydrogens is 286 g/mol. The van der Waals surface area contributed by atoms with E-state index in [-0.39, 0.29) is 17.4 Å². The molecule has 0 aliphatic carbocycles. The van der Waals surface area contributed by atoms with Crippen LogP contribution >= 0.6 is 0 Å². The average Bonchev–Trinajstić information content (AvgIpc) is 2.44. The molecule has 2 aromatic rings. The Kier molecular flexibility index (Phi) is 4.85. The molecule has 0 bridgehead atoms. The average molecular weight is 307 g/mol. The number of hydrogen-bond acceptors (Lipinski definition) is 3. The molecule has 5 heteroatoms. The second-order valence-electron chi connectivity index (χ2n) is 5.36. The highest BCUT2D eigenvalue weighted by Crippen LogP contribution is 2.24. The highest BCUT2D eigenvalue weighted by atomic mass is 32.2. The zero-order valence-corrected chi connectivity index (χ0v) is 13.2. The summed E-state index contributed by atoms with van der Waals surface area (Å²) >= 11 is 0. The summed E-state index contributed by atoms with van der Waals surface area (Å²) in [7, 11) is -3.17. The lowest BCUT2D eigenvalue weighted by molar-refractivity contribution is 0.476. The molecule has 0 aliphatic rings. The van der Waals surface area contributed by atoms with Crippen LogP contribution < -0.4 is 4.72 Å². The van der Waals surface area contributed by atoms with Gasteiger partial charge in [0, 0.05) is 6.54 Å². The molecule has 0 spiro atoms. The van der Waals surface area contributed by atoms with Crippen LogP contribution in [0.2, 0.25) is 0 Å². The first-order valence-corrected chi connectivity index (χ1v) is 8.76. The lowest BCUT2D eigenvalue weighted by Gasteiger charge is -2.14. The maximum absolute atomic E-state index is 11.7. The van der Waals surface area contributed by atoms with Crippen molar-refractivity contribution in [2.24, 2.45) is 0 Å². The Balaban J connectivity index is 2.12. The molecule has 1 atom stereocenters.